The standard InChI is InChI=1S/C15H21NO4.C12H6F2N2O2.C8H10ClN5O3S/c1-10-7-6-8-11(2)14(10)16(13(17)9-19-4)12(3)15(18)20-5;13-12(14)17-10-3-1-2-8(11(10)18-12)9-6-16-5-7(9)4-15;1-12-4-17-5-13(8(12)11-14(15)16)3-6-2-10-7(9)18-6/h6-8,12H,9H2,1-5H3;1-3,5-6,16H;2H,3-5H2,1H3/b;;11-8+. The highest BCUT2D eigenvalue weighted by atomic mass is 35.5. The molecule has 6 rings (SSSR count). The van der Waals surface area contributed by atoms with Crippen molar-refractivity contribution in [2.45, 2.75) is 39.7 Å². The van der Waals surface area contributed by atoms with Gasteiger partial charge in [0, 0.05) is 48.8 Å². The van der Waals surface area contributed by atoms with E-state index in [1.807, 2.05) is 38.1 Å². The predicted molar refractivity (Wildman–Crippen MR) is 200 cm³/mol. The Balaban J connectivity index is 0.000000187. The molecule has 0 radical (unpaired) electrons. The van der Waals surface area contributed by atoms with Crippen LogP contribution in [-0.2, 0) is 30.3 Å². The van der Waals surface area contributed by atoms with E-state index in [-0.39, 0.29) is 43.4 Å². The van der Waals surface area contributed by atoms with E-state index in [9.17, 15) is 28.5 Å². The summed E-state index contributed by atoms with van der Waals surface area (Å²) in [5.41, 5.74) is 3.81. The molecular weight excluding hydrogens is 782 g/mol. The highest BCUT2D eigenvalue weighted by molar-refractivity contribution is 7.15. The number of H-pyrrole nitrogens is 1. The van der Waals surface area contributed by atoms with Crippen molar-refractivity contribution in [1.29, 1.82) is 5.26 Å². The smallest absolute Gasteiger partial charge is 0.467 e. The molecule has 2 aliphatic heterocycles. The maximum absolute atomic E-state index is 13.0. The van der Waals surface area contributed by atoms with Gasteiger partial charge in [-0.05, 0) is 38.0 Å². The van der Waals surface area contributed by atoms with E-state index in [0.717, 1.165) is 21.7 Å². The molecule has 4 aromatic rings. The first-order valence-electron chi connectivity index (χ1n) is 16.4. The molecule has 0 aliphatic carbocycles. The number of thiazole rings is 1. The highest BCUT2D eigenvalue weighted by Crippen LogP contribution is 2.47. The number of aromatic nitrogens is 2. The number of para-hydroxylation sites is 2. The zero-order valence-electron chi connectivity index (χ0n) is 30.9. The van der Waals surface area contributed by atoms with Crippen molar-refractivity contribution < 1.29 is 47.1 Å². The van der Waals surface area contributed by atoms with Gasteiger partial charge in [0.2, 0.25) is 0 Å². The van der Waals surface area contributed by atoms with Crippen molar-refractivity contribution in [2.24, 2.45) is 5.10 Å². The lowest BCUT2D eigenvalue weighted by Crippen LogP contribution is -2.49. The summed E-state index contributed by atoms with van der Waals surface area (Å²) in [5, 5.41) is 22.1. The number of nitrogens with zero attached hydrogens (tertiary/aromatic N) is 7. The third-order valence-electron chi connectivity index (χ3n) is 7.93. The Hall–Kier alpha value is -5.88. The van der Waals surface area contributed by atoms with Gasteiger partial charge in [0.05, 0.1) is 24.9 Å². The van der Waals surface area contributed by atoms with E-state index in [4.69, 9.17) is 31.1 Å². The van der Waals surface area contributed by atoms with Crippen molar-refractivity contribution in [3.63, 3.8) is 0 Å². The van der Waals surface area contributed by atoms with Crippen LogP contribution in [-0.4, -0.2) is 96.3 Å². The second-order valence-corrected chi connectivity index (χ2v) is 13.6. The Kier molecular flexibility index (Phi) is 14.6. The summed E-state index contributed by atoms with van der Waals surface area (Å²) in [7, 11) is 4.43. The zero-order valence-corrected chi connectivity index (χ0v) is 32.5. The number of hydrogen-bond acceptors (Lipinski definition) is 12. The van der Waals surface area contributed by atoms with Crippen LogP contribution in [0.25, 0.3) is 11.1 Å². The van der Waals surface area contributed by atoms with E-state index >= 15 is 0 Å². The largest absolute Gasteiger partial charge is 0.586 e. The van der Waals surface area contributed by atoms with Gasteiger partial charge in [-0.2, -0.15) is 5.26 Å². The summed E-state index contributed by atoms with van der Waals surface area (Å²) in [6.07, 6.45) is 1.00. The summed E-state index contributed by atoms with van der Waals surface area (Å²) in [5.74, 6) is -0.572. The number of ether oxygens (including phenoxy) is 5. The number of methoxy groups -OCH3 is 2. The van der Waals surface area contributed by atoms with Crippen LogP contribution in [0.1, 0.15) is 28.5 Å². The van der Waals surface area contributed by atoms with Gasteiger partial charge in [-0.3, -0.25) is 9.69 Å². The molecule has 17 nitrogen and oxygen atoms in total. The number of carbonyl (C=O) groups excluding carboxylic acids is 2. The molecule has 1 atom stereocenters. The Morgan fingerprint density at radius 3 is 2.48 bits per heavy atom. The van der Waals surface area contributed by atoms with E-state index < -0.39 is 23.3 Å². The molecule has 0 spiro atoms. The molecule has 0 bridgehead atoms. The number of amides is 1. The first kappa shape index (κ1) is 42.9. The fourth-order valence-corrected chi connectivity index (χ4v) is 6.56. The van der Waals surface area contributed by atoms with Gasteiger partial charge in [-0.25, -0.2) is 19.9 Å². The Bertz CT molecular complexity index is 2090. The lowest BCUT2D eigenvalue weighted by molar-refractivity contribution is -0.486. The van der Waals surface area contributed by atoms with E-state index in [1.54, 1.807) is 48.3 Å². The average Bonchev–Trinajstić information content (AvgIpc) is 3.88. The number of esters is 1. The summed E-state index contributed by atoms with van der Waals surface area (Å²) in [6, 6.07) is 11.5. The highest BCUT2D eigenvalue weighted by Gasteiger charge is 2.44. The van der Waals surface area contributed by atoms with Crippen molar-refractivity contribution in [3.05, 3.63) is 91.1 Å². The van der Waals surface area contributed by atoms with Gasteiger partial charge in [-0.1, -0.05) is 41.9 Å². The Labute approximate surface area is 328 Å². The third-order valence-corrected chi connectivity index (χ3v) is 9.03. The maximum Gasteiger partial charge on any atom is 0.586 e. The van der Waals surface area contributed by atoms with Gasteiger partial charge in [-0.15, -0.1) is 20.1 Å². The Morgan fingerprint density at radius 1 is 1.18 bits per heavy atom. The SMILES string of the molecule is CN1COCN(Cc2cnc(Cl)s2)/C1=N/[N+](=O)[O-].COCC(=O)N(c1c(C)cccc1C)C(C)C(=O)OC.N#Cc1c[nH]cc1-c1cccc2c1OC(F)(F)O2. The number of hydrogen-bond donors (Lipinski definition) is 1. The molecule has 4 heterocycles. The molecule has 56 heavy (non-hydrogen) atoms. The molecule has 2 aromatic heterocycles. The number of anilines is 1. The van der Waals surface area contributed by atoms with Crippen molar-refractivity contribution >= 4 is 46.5 Å². The molecule has 298 valence electrons. The lowest BCUT2D eigenvalue weighted by atomic mass is 10.0. The number of aryl methyl sites for hydroxylation is 2. The van der Waals surface area contributed by atoms with Gasteiger partial charge >= 0.3 is 12.3 Å². The summed E-state index contributed by atoms with van der Waals surface area (Å²) >= 11 is 7.05. The number of rotatable bonds is 9. The number of aromatic amines is 1. The molecule has 1 amide bonds. The number of nitro groups is 1. The van der Waals surface area contributed by atoms with E-state index in [1.165, 1.54) is 42.7 Å². The quantitative estimate of drug-likeness (QED) is 0.122. The predicted octanol–water partition coefficient (Wildman–Crippen LogP) is 5.74. The Morgan fingerprint density at radius 2 is 1.88 bits per heavy atom. The average molecular weight is 819 g/mol. The topological polar surface area (TPSA) is 198 Å². The van der Waals surface area contributed by atoms with E-state index in [2.05, 4.69) is 24.5 Å². The molecule has 1 N–H and O–H groups in total. The molecule has 1 fully saturated rings. The monoisotopic (exact) mass is 818 g/mol. The zero-order chi connectivity index (χ0) is 41.2. The lowest BCUT2D eigenvalue weighted by Gasteiger charge is -2.34. The minimum Gasteiger partial charge on any atom is -0.467 e. The molecular formula is C35H37ClF2N8O9S. The minimum absolute atomic E-state index is 0.0393. The van der Waals surface area contributed by atoms with Gasteiger partial charge < -0.3 is 38.5 Å². The number of carbonyl (C=O) groups is 2. The third kappa shape index (κ3) is 10.7. The second-order valence-electron chi connectivity index (χ2n) is 11.9. The normalized spacial score (nSPS) is 15.1. The second kappa shape index (κ2) is 19.1. The van der Waals surface area contributed by atoms with E-state index in [0.29, 0.717) is 27.7 Å². The molecule has 2 aromatic carbocycles. The number of guanidine groups is 1. The van der Waals surface area contributed by atoms with Gasteiger partial charge in [0.1, 0.15) is 37.3 Å². The van der Waals surface area contributed by atoms with Crippen LogP contribution in [0.4, 0.5) is 14.5 Å². The van der Waals surface area contributed by atoms with Crippen LogP contribution < -0.4 is 14.4 Å². The number of benzene rings is 2. The van der Waals surface area contributed by atoms with Crippen LogP contribution >= 0.6 is 22.9 Å². The molecule has 0 saturated carbocycles. The fourth-order valence-electron chi connectivity index (χ4n) is 5.57. The van der Waals surface area contributed by atoms with Crippen LogP contribution in [0.15, 0.2) is 60.1 Å². The minimum atomic E-state index is -3.67. The van der Waals surface area contributed by atoms with Crippen LogP contribution in [0.2, 0.25) is 4.47 Å². The number of halogens is 3. The van der Waals surface area contributed by atoms with Crippen molar-refractivity contribution in [1.82, 2.24) is 19.8 Å². The van der Waals surface area contributed by atoms with Gasteiger partial charge in [0.15, 0.2) is 21.0 Å². The van der Waals surface area contributed by atoms with Crippen LogP contribution in [0, 0.1) is 35.3 Å². The van der Waals surface area contributed by atoms with Crippen molar-refractivity contribution in [3.8, 4) is 28.7 Å². The number of hydrazone groups is 1. The van der Waals surface area contributed by atoms with Gasteiger partial charge in [0.25, 0.3) is 11.9 Å². The molecule has 1 unspecified atom stereocenters. The number of alkyl halides is 2. The number of nitrogens with one attached hydrogen (secondary N) is 1. The first-order valence-corrected chi connectivity index (χ1v) is 17.6. The van der Waals surface area contributed by atoms with Crippen molar-refractivity contribution in [2.75, 3.05) is 46.2 Å². The molecule has 1 saturated heterocycles. The molecule has 2 aliphatic rings. The summed E-state index contributed by atoms with van der Waals surface area (Å²) in [4.78, 5) is 46.8. The number of nitriles is 1. The first-order chi connectivity index (χ1) is 26.6. The summed E-state index contributed by atoms with van der Waals surface area (Å²) in [6.45, 7) is 6.29. The summed E-state index contributed by atoms with van der Waals surface area (Å²) < 4.78 is 50.2. The van der Waals surface area contributed by atoms with Crippen LogP contribution in [0.5, 0.6) is 11.5 Å². The fraction of sp³-hybridized carbons (Fsp3) is 0.343. The number of fused-ring (bicyclic) bond motifs is 1. The molecule has 21 heteroatoms. The maximum atomic E-state index is 13.0. The van der Waals surface area contributed by atoms with Crippen LogP contribution in [0.3, 0.4) is 0 Å².